The van der Waals surface area contributed by atoms with Gasteiger partial charge in [0.25, 0.3) is 0 Å². The lowest BCUT2D eigenvalue weighted by Gasteiger charge is -2.23. The molecule has 2 aliphatic rings. The Balaban J connectivity index is 1.66. The molecule has 1 aliphatic carbocycles. The molecule has 1 saturated heterocycles. The molecule has 1 unspecified atom stereocenters. The van der Waals surface area contributed by atoms with Crippen molar-refractivity contribution in [2.24, 2.45) is 16.7 Å². The van der Waals surface area contributed by atoms with Gasteiger partial charge in [0.05, 0.1) is 0 Å². The standard InChI is InChI=1S/C20H29N3O2/c1-13-5-6-14(11-16(13)23-18(25)19(2,3)4)22-17(24)15-12-20(15)7-9-21-10-8-20/h5-6,11,15,21H,7-10,12H2,1-4H3,(H,22,24)(H,23,25). The minimum atomic E-state index is -0.457. The zero-order valence-electron chi connectivity index (χ0n) is 15.7. The Kier molecular flexibility index (Phi) is 4.62. The van der Waals surface area contributed by atoms with Crippen molar-refractivity contribution in [1.29, 1.82) is 0 Å². The number of hydrogen-bond donors (Lipinski definition) is 3. The molecule has 0 radical (unpaired) electrons. The lowest BCUT2D eigenvalue weighted by molar-refractivity contribution is -0.123. The van der Waals surface area contributed by atoms with Crippen molar-refractivity contribution >= 4 is 23.2 Å². The van der Waals surface area contributed by atoms with Crippen molar-refractivity contribution in [2.45, 2.75) is 47.0 Å². The van der Waals surface area contributed by atoms with E-state index in [0.29, 0.717) is 0 Å². The highest BCUT2D eigenvalue weighted by atomic mass is 16.2. The third kappa shape index (κ3) is 3.87. The van der Waals surface area contributed by atoms with Crippen molar-refractivity contribution in [1.82, 2.24) is 5.32 Å². The number of amides is 2. The van der Waals surface area contributed by atoms with Crippen molar-refractivity contribution in [2.75, 3.05) is 23.7 Å². The van der Waals surface area contributed by atoms with Gasteiger partial charge in [-0.05, 0) is 62.4 Å². The van der Waals surface area contributed by atoms with Crippen molar-refractivity contribution < 1.29 is 9.59 Å². The molecule has 3 rings (SSSR count). The predicted octanol–water partition coefficient (Wildman–Crippen LogP) is 3.31. The van der Waals surface area contributed by atoms with Crippen LogP contribution in [0.1, 0.15) is 45.6 Å². The van der Waals surface area contributed by atoms with Gasteiger partial charge in [0, 0.05) is 22.7 Å². The van der Waals surface area contributed by atoms with Gasteiger partial charge >= 0.3 is 0 Å². The number of benzene rings is 1. The number of aryl methyl sites for hydroxylation is 1. The molecular formula is C20H29N3O2. The molecule has 1 heterocycles. The summed E-state index contributed by atoms with van der Waals surface area (Å²) in [6.07, 6.45) is 3.18. The Morgan fingerprint density at radius 2 is 1.84 bits per heavy atom. The highest BCUT2D eigenvalue weighted by molar-refractivity contribution is 5.98. The summed E-state index contributed by atoms with van der Waals surface area (Å²) in [7, 11) is 0. The summed E-state index contributed by atoms with van der Waals surface area (Å²) in [4.78, 5) is 24.8. The summed E-state index contributed by atoms with van der Waals surface area (Å²) in [5, 5.41) is 9.37. The van der Waals surface area contributed by atoms with Crippen LogP contribution < -0.4 is 16.0 Å². The summed E-state index contributed by atoms with van der Waals surface area (Å²) in [5.74, 6) is 0.206. The van der Waals surface area contributed by atoms with Crippen LogP contribution in [0.15, 0.2) is 18.2 Å². The van der Waals surface area contributed by atoms with Crippen LogP contribution in [0, 0.1) is 23.7 Å². The molecule has 0 bridgehead atoms. The van der Waals surface area contributed by atoms with E-state index in [1.54, 1.807) is 0 Å². The fourth-order valence-electron chi connectivity index (χ4n) is 3.57. The van der Waals surface area contributed by atoms with Crippen LogP contribution in [0.5, 0.6) is 0 Å². The molecule has 136 valence electrons. The summed E-state index contributed by atoms with van der Waals surface area (Å²) >= 11 is 0. The Morgan fingerprint density at radius 1 is 1.16 bits per heavy atom. The van der Waals surface area contributed by atoms with Gasteiger partial charge in [-0.3, -0.25) is 9.59 Å². The lowest BCUT2D eigenvalue weighted by Crippen LogP contribution is -2.31. The molecule has 5 nitrogen and oxygen atoms in total. The maximum absolute atomic E-state index is 12.6. The Labute approximate surface area is 150 Å². The molecule has 1 aliphatic heterocycles. The van der Waals surface area contributed by atoms with Crippen molar-refractivity contribution in [3.8, 4) is 0 Å². The maximum Gasteiger partial charge on any atom is 0.229 e. The molecule has 1 aromatic rings. The van der Waals surface area contributed by atoms with Crippen LogP contribution in [0.25, 0.3) is 0 Å². The van der Waals surface area contributed by atoms with Gasteiger partial charge in [-0.15, -0.1) is 0 Å². The first kappa shape index (κ1) is 17.9. The first-order chi connectivity index (χ1) is 11.7. The molecule has 2 fully saturated rings. The second-order valence-electron chi connectivity index (χ2n) is 8.59. The molecule has 1 aromatic carbocycles. The number of hydrogen-bond acceptors (Lipinski definition) is 3. The summed E-state index contributed by atoms with van der Waals surface area (Å²) in [6, 6.07) is 5.69. The van der Waals surface area contributed by atoms with Crippen LogP contribution in [0.2, 0.25) is 0 Å². The SMILES string of the molecule is Cc1ccc(NC(=O)C2CC23CCNCC3)cc1NC(=O)C(C)(C)C. The van der Waals surface area contributed by atoms with Crippen molar-refractivity contribution in [3.63, 3.8) is 0 Å². The van der Waals surface area contributed by atoms with E-state index in [1.165, 1.54) is 0 Å². The zero-order chi connectivity index (χ0) is 18.2. The number of nitrogens with one attached hydrogen (secondary N) is 3. The average molecular weight is 343 g/mol. The molecule has 1 spiro atoms. The number of rotatable bonds is 3. The van der Waals surface area contributed by atoms with E-state index in [4.69, 9.17) is 0 Å². The second-order valence-corrected chi connectivity index (χ2v) is 8.59. The van der Waals surface area contributed by atoms with Crippen LogP contribution in [-0.4, -0.2) is 24.9 Å². The van der Waals surface area contributed by atoms with E-state index in [2.05, 4.69) is 16.0 Å². The Morgan fingerprint density at radius 3 is 2.48 bits per heavy atom. The molecule has 2 amide bonds. The minimum Gasteiger partial charge on any atom is -0.326 e. The topological polar surface area (TPSA) is 70.2 Å². The molecule has 1 atom stereocenters. The van der Waals surface area contributed by atoms with Gasteiger partial charge in [0.1, 0.15) is 0 Å². The highest BCUT2D eigenvalue weighted by Gasteiger charge is 2.57. The fourth-order valence-corrected chi connectivity index (χ4v) is 3.57. The summed E-state index contributed by atoms with van der Waals surface area (Å²) in [5.41, 5.74) is 2.25. The van der Waals surface area contributed by atoms with E-state index < -0.39 is 5.41 Å². The summed E-state index contributed by atoms with van der Waals surface area (Å²) < 4.78 is 0. The van der Waals surface area contributed by atoms with E-state index in [0.717, 1.165) is 49.3 Å². The van der Waals surface area contributed by atoms with Gasteiger partial charge in [0.2, 0.25) is 11.8 Å². The maximum atomic E-state index is 12.6. The molecule has 3 N–H and O–H groups in total. The monoisotopic (exact) mass is 343 g/mol. The zero-order valence-corrected chi connectivity index (χ0v) is 15.7. The van der Waals surface area contributed by atoms with Gasteiger partial charge in [-0.1, -0.05) is 26.8 Å². The fraction of sp³-hybridized carbons (Fsp3) is 0.600. The smallest absolute Gasteiger partial charge is 0.229 e. The number of carbonyl (C=O) groups is 2. The van der Waals surface area contributed by atoms with Crippen LogP contribution >= 0.6 is 0 Å². The second kappa shape index (κ2) is 6.45. The summed E-state index contributed by atoms with van der Waals surface area (Å²) in [6.45, 7) is 9.63. The Hall–Kier alpha value is -1.88. The van der Waals surface area contributed by atoms with E-state index in [9.17, 15) is 9.59 Å². The quantitative estimate of drug-likeness (QED) is 0.788. The molecular weight excluding hydrogens is 314 g/mol. The van der Waals surface area contributed by atoms with Crippen molar-refractivity contribution in [3.05, 3.63) is 23.8 Å². The third-order valence-electron chi connectivity index (χ3n) is 5.54. The first-order valence-corrected chi connectivity index (χ1v) is 9.15. The average Bonchev–Trinajstić information content (AvgIpc) is 3.23. The van der Waals surface area contributed by atoms with Crippen LogP contribution in [0.4, 0.5) is 11.4 Å². The molecule has 25 heavy (non-hydrogen) atoms. The number of piperidine rings is 1. The third-order valence-corrected chi connectivity index (χ3v) is 5.54. The van der Waals surface area contributed by atoms with E-state index in [-0.39, 0.29) is 23.1 Å². The van der Waals surface area contributed by atoms with Gasteiger partial charge < -0.3 is 16.0 Å². The largest absolute Gasteiger partial charge is 0.326 e. The molecule has 5 heteroatoms. The van der Waals surface area contributed by atoms with Crippen LogP contribution in [-0.2, 0) is 9.59 Å². The van der Waals surface area contributed by atoms with E-state index >= 15 is 0 Å². The lowest BCUT2D eigenvalue weighted by atomic mass is 9.92. The van der Waals surface area contributed by atoms with Gasteiger partial charge in [0.15, 0.2) is 0 Å². The van der Waals surface area contributed by atoms with Crippen LogP contribution in [0.3, 0.4) is 0 Å². The normalized spacial score (nSPS) is 21.7. The number of carbonyl (C=O) groups excluding carboxylic acids is 2. The first-order valence-electron chi connectivity index (χ1n) is 9.15. The van der Waals surface area contributed by atoms with Gasteiger partial charge in [-0.25, -0.2) is 0 Å². The molecule has 1 saturated carbocycles. The minimum absolute atomic E-state index is 0.0325. The van der Waals surface area contributed by atoms with Gasteiger partial charge in [-0.2, -0.15) is 0 Å². The molecule has 0 aromatic heterocycles. The highest BCUT2D eigenvalue weighted by Crippen LogP contribution is 2.58. The van der Waals surface area contributed by atoms with E-state index in [1.807, 2.05) is 45.9 Å². The predicted molar refractivity (Wildman–Crippen MR) is 101 cm³/mol. The number of anilines is 2. The Bertz CT molecular complexity index is 685.